The van der Waals surface area contributed by atoms with Crippen molar-refractivity contribution in [2.24, 2.45) is 0 Å². The van der Waals surface area contributed by atoms with Gasteiger partial charge in [-0.3, -0.25) is 0 Å². The van der Waals surface area contributed by atoms with E-state index in [-0.39, 0.29) is 0 Å². The van der Waals surface area contributed by atoms with Crippen LogP contribution in [0.1, 0.15) is 5.56 Å². The average Bonchev–Trinajstić information content (AvgIpc) is 2.24. The number of carbonyl (C=O) groups is 1. The van der Waals surface area contributed by atoms with Gasteiger partial charge in [0.25, 0.3) is 0 Å². The smallest absolute Gasteiger partial charge is 0.328 e. The highest BCUT2D eigenvalue weighted by Crippen LogP contribution is 2.30. The number of benzene rings is 1. The van der Waals surface area contributed by atoms with Crippen molar-refractivity contribution in [1.82, 2.24) is 0 Å². The van der Waals surface area contributed by atoms with Crippen LogP contribution in [-0.4, -0.2) is 26.5 Å². The lowest BCUT2D eigenvalue weighted by Crippen LogP contribution is -2.29. The number of ether oxygens (including phenoxy) is 1. The van der Waals surface area contributed by atoms with E-state index in [9.17, 15) is 4.79 Å². The first-order valence-corrected chi connectivity index (χ1v) is 9.01. The summed E-state index contributed by atoms with van der Waals surface area (Å²) in [6.07, 6.45) is 2.62. The predicted molar refractivity (Wildman–Crippen MR) is 73.6 cm³/mol. The third-order valence-corrected chi connectivity index (χ3v) is 2.85. The quantitative estimate of drug-likeness (QED) is 0.657. The minimum Gasteiger partial charge on any atom is -0.542 e. The van der Waals surface area contributed by atoms with E-state index in [0.29, 0.717) is 11.5 Å². The van der Waals surface area contributed by atoms with Gasteiger partial charge >= 0.3 is 5.97 Å². The van der Waals surface area contributed by atoms with Crippen LogP contribution in [0.2, 0.25) is 19.6 Å². The zero-order chi connectivity index (χ0) is 13.8. The average molecular weight is 266 g/mol. The number of rotatable bonds is 5. The van der Waals surface area contributed by atoms with Gasteiger partial charge in [0.1, 0.15) is 5.75 Å². The van der Waals surface area contributed by atoms with E-state index < -0.39 is 14.3 Å². The molecule has 0 aliphatic carbocycles. The molecule has 1 aromatic carbocycles. The van der Waals surface area contributed by atoms with E-state index >= 15 is 0 Å². The van der Waals surface area contributed by atoms with Crippen LogP contribution in [0.3, 0.4) is 0 Å². The van der Waals surface area contributed by atoms with Gasteiger partial charge in [0.15, 0.2) is 5.75 Å². The lowest BCUT2D eigenvalue weighted by molar-refractivity contribution is -0.131. The monoisotopic (exact) mass is 266 g/mol. The van der Waals surface area contributed by atoms with E-state index in [1.54, 1.807) is 25.3 Å². The molecule has 0 unspecified atom stereocenters. The minimum absolute atomic E-state index is 0.657. The molecule has 0 atom stereocenters. The number of methoxy groups -OCH3 is 1. The van der Waals surface area contributed by atoms with Crippen molar-refractivity contribution in [3.8, 4) is 11.5 Å². The fourth-order valence-corrected chi connectivity index (χ4v) is 2.19. The first-order valence-electron chi connectivity index (χ1n) is 5.60. The Hall–Kier alpha value is -1.75. The Balaban J connectivity index is 3.05. The van der Waals surface area contributed by atoms with Crippen molar-refractivity contribution >= 4 is 20.4 Å². The summed E-state index contributed by atoms with van der Waals surface area (Å²) in [5.74, 6) is 0.340. The highest BCUT2D eigenvalue weighted by molar-refractivity contribution is 6.70. The minimum atomic E-state index is -1.73. The fourth-order valence-electron chi connectivity index (χ4n) is 1.37. The van der Waals surface area contributed by atoms with Crippen molar-refractivity contribution in [3.63, 3.8) is 0 Å². The maximum Gasteiger partial charge on any atom is 0.328 e. The van der Waals surface area contributed by atoms with Gasteiger partial charge in [-0.2, -0.15) is 0 Å². The van der Waals surface area contributed by atoms with Crippen molar-refractivity contribution in [1.29, 1.82) is 0 Å². The van der Waals surface area contributed by atoms with E-state index in [0.717, 1.165) is 11.6 Å². The maximum absolute atomic E-state index is 10.5. The number of carboxylic acids is 1. The SMILES string of the molecule is COc1ccc(/C=C/C(=O)O)cc1O[Si](C)(C)C. The molecule has 1 aromatic rings. The molecule has 5 heteroatoms. The van der Waals surface area contributed by atoms with E-state index in [2.05, 4.69) is 19.6 Å². The largest absolute Gasteiger partial charge is 0.542 e. The number of carboxylic acid groups (broad SMARTS) is 1. The first-order chi connectivity index (χ1) is 8.31. The zero-order valence-electron chi connectivity index (χ0n) is 11.1. The van der Waals surface area contributed by atoms with Crippen molar-refractivity contribution in [2.45, 2.75) is 19.6 Å². The molecule has 0 bridgehead atoms. The standard InChI is InChI=1S/C13H18O4Si/c1-16-11-7-5-10(6-8-13(14)15)9-12(11)17-18(2,3)4/h5-9H,1-4H3,(H,14,15)/b8-6+. The van der Waals surface area contributed by atoms with Gasteiger partial charge in [-0.1, -0.05) is 6.07 Å². The summed E-state index contributed by atoms with van der Waals surface area (Å²) < 4.78 is 11.1. The van der Waals surface area contributed by atoms with Gasteiger partial charge in [0, 0.05) is 6.08 Å². The van der Waals surface area contributed by atoms with Gasteiger partial charge in [-0.25, -0.2) is 4.79 Å². The molecule has 98 valence electrons. The second kappa shape index (κ2) is 5.73. The molecule has 0 saturated carbocycles. The molecular weight excluding hydrogens is 248 g/mol. The fraction of sp³-hybridized carbons (Fsp3) is 0.308. The number of aliphatic carboxylic acids is 1. The Morgan fingerprint density at radius 3 is 2.44 bits per heavy atom. The molecule has 0 aliphatic heterocycles. The van der Waals surface area contributed by atoms with Gasteiger partial charge < -0.3 is 14.3 Å². The second-order valence-electron chi connectivity index (χ2n) is 4.80. The summed E-state index contributed by atoms with van der Waals surface area (Å²) in [7, 11) is -0.151. The third-order valence-electron chi connectivity index (χ3n) is 2.02. The normalized spacial score (nSPS) is 11.6. The second-order valence-corrected chi connectivity index (χ2v) is 9.23. The van der Waals surface area contributed by atoms with Crippen molar-refractivity contribution in [3.05, 3.63) is 29.8 Å². The Kier molecular flexibility index (Phi) is 4.55. The van der Waals surface area contributed by atoms with E-state index in [1.807, 2.05) is 0 Å². The van der Waals surface area contributed by atoms with Crippen LogP contribution in [0.15, 0.2) is 24.3 Å². The van der Waals surface area contributed by atoms with Crippen LogP contribution >= 0.6 is 0 Å². The Morgan fingerprint density at radius 2 is 1.94 bits per heavy atom. The molecule has 4 nitrogen and oxygen atoms in total. The topological polar surface area (TPSA) is 55.8 Å². The molecule has 0 spiro atoms. The molecule has 0 radical (unpaired) electrons. The maximum atomic E-state index is 10.5. The molecule has 0 amide bonds. The van der Waals surface area contributed by atoms with E-state index in [1.165, 1.54) is 6.08 Å². The summed E-state index contributed by atoms with van der Waals surface area (Å²) in [4.78, 5) is 10.5. The highest BCUT2D eigenvalue weighted by atomic mass is 28.4. The third kappa shape index (κ3) is 4.63. The van der Waals surface area contributed by atoms with Gasteiger partial charge in [0.2, 0.25) is 8.32 Å². The highest BCUT2D eigenvalue weighted by Gasteiger charge is 2.18. The lowest BCUT2D eigenvalue weighted by Gasteiger charge is -2.21. The van der Waals surface area contributed by atoms with Crippen LogP contribution in [0.5, 0.6) is 11.5 Å². The van der Waals surface area contributed by atoms with Crippen LogP contribution in [0.4, 0.5) is 0 Å². The predicted octanol–water partition coefficient (Wildman–Crippen LogP) is 3.01. The Bertz CT molecular complexity index is 461. The van der Waals surface area contributed by atoms with Crippen LogP contribution in [0.25, 0.3) is 6.08 Å². The molecule has 1 rings (SSSR count). The van der Waals surface area contributed by atoms with Gasteiger partial charge in [-0.15, -0.1) is 0 Å². The first kappa shape index (κ1) is 14.3. The molecule has 0 saturated heterocycles. The summed E-state index contributed by atoms with van der Waals surface area (Å²) in [5, 5.41) is 8.60. The molecule has 18 heavy (non-hydrogen) atoms. The Labute approximate surface area is 108 Å². The Morgan fingerprint density at radius 1 is 1.28 bits per heavy atom. The molecule has 0 fully saturated rings. The molecule has 0 heterocycles. The number of hydrogen-bond donors (Lipinski definition) is 1. The van der Waals surface area contributed by atoms with Crippen LogP contribution in [0, 0.1) is 0 Å². The van der Waals surface area contributed by atoms with Gasteiger partial charge in [0.05, 0.1) is 7.11 Å². The van der Waals surface area contributed by atoms with Gasteiger partial charge in [-0.05, 0) is 43.4 Å². The van der Waals surface area contributed by atoms with E-state index in [4.69, 9.17) is 14.3 Å². The summed E-state index contributed by atoms with van der Waals surface area (Å²) in [5.41, 5.74) is 0.770. The van der Waals surface area contributed by atoms with Crippen LogP contribution in [-0.2, 0) is 4.79 Å². The molecular formula is C13H18O4Si. The van der Waals surface area contributed by atoms with Crippen molar-refractivity contribution < 1.29 is 19.1 Å². The number of hydrogen-bond acceptors (Lipinski definition) is 3. The summed E-state index contributed by atoms with van der Waals surface area (Å²) in [6, 6.07) is 5.35. The molecule has 1 N–H and O–H groups in total. The lowest BCUT2D eigenvalue weighted by atomic mass is 10.2. The van der Waals surface area contributed by atoms with Crippen LogP contribution < -0.4 is 9.16 Å². The molecule has 0 aliphatic rings. The summed E-state index contributed by atoms with van der Waals surface area (Å²) in [6.45, 7) is 6.23. The zero-order valence-corrected chi connectivity index (χ0v) is 12.1. The van der Waals surface area contributed by atoms with Crippen molar-refractivity contribution in [2.75, 3.05) is 7.11 Å². The molecule has 0 aromatic heterocycles. The summed E-state index contributed by atoms with van der Waals surface area (Å²) >= 11 is 0.